The number of hydrogen-bond donors (Lipinski definition) is 1. The molecule has 0 unspecified atom stereocenters. The molecule has 3 aliphatic heterocycles. The summed E-state index contributed by atoms with van der Waals surface area (Å²) in [6.07, 6.45) is 4.45. The van der Waals surface area contributed by atoms with Gasteiger partial charge in [-0.1, -0.05) is 11.8 Å². The number of β-lactam (4-membered cyclic amide) rings is 1. The number of carbonyl (C=O) groups is 4. The summed E-state index contributed by atoms with van der Waals surface area (Å²) in [5.41, 5.74) is 0.725. The number of amides is 3. The van der Waals surface area contributed by atoms with Crippen LogP contribution in [0, 0.1) is 5.92 Å². The number of allylic oxidation sites excluding steroid dienone is 1. The zero-order chi connectivity index (χ0) is 24.0. The van der Waals surface area contributed by atoms with E-state index in [1.54, 1.807) is 13.1 Å². The Morgan fingerprint density at radius 2 is 2.09 bits per heavy atom. The standard InChI is InChI=1S/C20H23N7O5S2.Na/c1-25-20(22-23-24-25)34-9-13(28)21-14-17(30)27-15(19(31)32)12(8-33-18(14)27)6-11-4-5-26(16(11)29)7-10-2-3-10;/h6,10,14,18H,2-5,7-9H2,1H3,(H,21,28)(H,31,32);/q;+1/p-1/b11-6+;/t14-,18-;/m1./s1. The quantitative estimate of drug-likeness (QED) is 0.151. The number of hydrogen-bond acceptors (Lipinski definition) is 10. The number of fused-ring (bicyclic) bond motifs is 1. The van der Waals surface area contributed by atoms with Crippen molar-refractivity contribution in [1.82, 2.24) is 35.3 Å². The molecule has 1 N–H and O–H groups in total. The molecule has 0 radical (unpaired) electrons. The summed E-state index contributed by atoms with van der Waals surface area (Å²) >= 11 is 2.48. The van der Waals surface area contributed by atoms with Crippen LogP contribution < -0.4 is 40.0 Å². The Kier molecular flexibility index (Phi) is 7.95. The number of thioether (sulfide) groups is 2. The minimum Gasteiger partial charge on any atom is -0.543 e. The molecule has 3 fully saturated rings. The van der Waals surface area contributed by atoms with Gasteiger partial charge >= 0.3 is 29.6 Å². The Morgan fingerprint density at radius 3 is 2.74 bits per heavy atom. The first kappa shape index (κ1) is 26.2. The average Bonchev–Trinajstić information content (AvgIpc) is 3.45. The summed E-state index contributed by atoms with van der Waals surface area (Å²) in [5.74, 6) is -1.56. The topological polar surface area (TPSA) is 153 Å². The van der Waals surface area contributed by atoms with Crippen LogP contribution in [-0.4, -0.2) is 89.7 Å². The zero-order valence-corrected chi connectivity index (χ0v) is 22.9. The van der Waals surface area contributed by atoms with Crippen molar-refractivity contribution in [3.63, 3.8) is 0 Å². The van der Waals surface area contributed by atoms with Crippen LogP contribution in [0.25, 0.3) is 0 Å². The maximum Gasteiger partial charge on any atom is 1.00 e. The maximum atomic E-state index is 12.8. The van der Waals surface area contributed by atoms with Crippen molar-refractivity contribution >= 4 is 47.2 Å². The van der Waals surface area contributed by atoms with E-state index in [9.17, 15) is 24.3 Å². The smallest absolute Gasteiger partial charge is 0.543 e. The molecular formula is C20H22N7NaO5S2. The number of aromatic nitrogens is 4. The van der Waals surface area contributed by atoms with E-state index in [4.69, 9.17) is 0 Å². The van der Waals surface area contributed by atoms with Crippen LogP contribution in [0.3, 0.4) is 0 Å². The molecule has 0 spiro atoms. The molecule has 0 aromatic carbocycles. The second-order valence-electron chi connectivity index (χ2n) is 8.60. The number of carboxylic acids is 1. The summed E-state index contributed by atoms with van der Waals surface area (Å²) in [6, 6.07) is -0.832. The molecule has 15 heteroatoms. The van der Waals surface area contributed by atoms with Gasteiger partial charge in [-0.15, -0.1) is 16.9 Å². The van der Waals surface area contributed by atoms with E-state index in [1.165, 1.54) is 16.4 Å². The third-order valence-corrected chi connectivity index (χ3v) is 8.47. The number of aliphatic carboxylic acids is 1. The Bertz CT molecular complexity index is 1130. The normalized spacial score (nSPS) is 24.9. The van der Waals surface area contributed by atoms with E-state index >= 15 is 0 Å². The van der Waals surface area contributed by atoms with E-state index in [-0.39, 0.29) is 52.8 Å². The fourth-order valence-electron chi connectivity index (χ4n) is 4.23. The SMILES string of the molecule is Cn1nnnc1SCC(=O)N[C@@H]1C(=O)N2C(C(=O)[O-])=C(/C=C3\CCN(CC4CC4)C3=O)CS[C@H]12.[Na+]. The fourth-order valence-corrected chi connectivity index (χ4v) is 6.20. The van der Waals surface area contributed by atoms with Crippen LogP contribution in [-0.2, 0) is 26.2 Å². The van der Waals surface area contributed by atoms with Gasteiger partial charge < -0.3 is 20.1 Å². The largest absolute Gasteiger partial charge is 1.00 e. The van der Waals surface area contributed by atoms with Gasteiger partial charge in [-0.3, -0.25) is 19.3 Å². The van der Waals surface area contributed by atoms with Crippen LogP contribution in [0.4, 0.5) is 0 Å². The van der Waals surface area contributed by atoms with Crippen molar-refractivity contribution in [2.45, 2.75) is 35.8 Å². The molecule has 0 bridgehead atoms. The van der Waals surface area contributed by atoms with Gasteiger partial charge in [0.05, 0.1) is 17.4 Å². The van der Waals surface area contributed by atoms with E-state index in [0.717, 1.165) is 36.0 Å². The summed E-state index contributed by atoms with van der Waals surface area (Å²) in [6.45, 7) is 1.38. The number of tetrazole rings is 1. The predicted molar refractivity (Wildman–Crippen MR) is 119 cm³/mol. The number of carbonyl (C=O) groups excluding carboxylic acids is 4. The Morgan fingerprint density at radius 1 is 1.31 bits per heavy atom. The van der Waals surface area contributed by atoms with Gasteiger partial charge in [-0.05, 0) is 47.3 Å². The first-order chi connectivity index (χ1) is 16.3. The number of aryl methyl sites for hydroxylation is 1. The predicted octanol–water partition coefficient (Wildman–Crippen LogP) is -4.72. The molecule has 180 valence electrons. The second-order valence-corrected chi connectivity index (χ2v) is 10.7. The molecule has 35 heavy (non-hydrogen) atoms. The molecule has 4 heterocycles. The van der Waals surface area contributed by atoms with Gasteiger partial charge in [-0.2, -0.15) is 0 Å². The molecule has 1 saturated carbocycles. The number of rotatable bonds is 8. The summed E-state index contributed by atoms with van der Waals surface area (Å²) in [5, 5.41) is 25.5. The third-order valence-electron chi connectivity index (χ3n) is 6.16. The van der Waals surface area contributed by atoms with Gasteiger partial charge in [0.1, 0.15) is 11.4 Å². The molecule has 1 aromatic heterocycles. The third kappa shape index (κ3) is 5.31. The molecule has 1 aromatic rings. The van der Waals surface area contributed by atoms with Crippen LogP contribution in [0.1, 0.15) is 19.3 Å². The molecule has 3 amide bonds. The van der Waals surface area contributed by atoms with Crippen molar-refractivity contribution in [3.05, 3.63) is 22.9 Å². The molecule has 12 nitrogen and oxygen atoms in total. The van der Waals surface area contributed by atoms with Crippen LogP contribution in [0.5, 0.6) is 0 Å². The Hall–Kier alpha value is -1.87. The van der Waals surface area contributed by atoms with Gasteiger partial charge in [0.2, 0.25) is 17.0 Å². The van der Waals surface area contributed by atoms with Crippen molar-refractivity contribution in [2.24, 2.45) is 13.0 Å². The minimum atomic E-state index is -1.47. The first-order valence-corrected chi connectivity index (χ1v) is 12.9. The molecule has 2 saturated heterocycles. The van der Waals surface area contributed by atoms with Gasteiger partial charge in [0, 0.05) is 31.5 Å². The summed E-state index contributed by atoms with van der Waals surface area (Å²) in [4.78, 5) is 52.8. The number of carboxylic acid groups (broad SMARTS) is 1. The molecular weight excluding hydrogens is 505 g/mol. The molecule has 5 rings (SSSR count). The Balaban J connectivity index is 0.00000289. The molecule has 1 aliphatic carbocycles. The van der Waals surface area contributed by atoms with Crippen molar-refractivity contribution < 1.29 is 53.8 Å². The van der Waals surface area contributed by atoms with Gasteiger partial charge in [0.25, 0.3) is 5.91 Å². The van der Waals surface area contributed by atoms with Gasteiger partial charge in [-0.25, -0.2) is 4.68 Å². The number of nitrogens with zero attached hydrogens (tertiary/aromatic N) is 6. The summed E-state index contributed by atoms with van der Waals surface area (Å²) in [7, 11) is 1.65. The van der Waals surface area contributed by atoms with Crippen LogP contribution in [0.2, 0.25) is 0 Å². The number of likely N-dealkylation sites (tertiary alicyclic amines) is 1. The molecule has 4 aliphatic rings. The van der Waals surface area contributed by atoms with Gasteiger partial charge in [0.15, 0.2) is 0 Å². The summed E-state index contributed by atoms with van der Waals surface area (Å²) < 4.78 is 1.43. The van der Waals surface area contributed by atoms with E-state index in [2.05, 4.69) is 20.8 Å². The van der Waals surface area contributed by atoms with Crippen molar-refractivity contribution in [2.75, 3.05) is 24.6 Å². The molecule has 2 atom stereocenters. The minimum absolute atomic E-state index is 0. The van der Waals surface area contributed by atoms with Crippen molar-refractivity contribution in [1.29, 1.82) is 0 Å². The van der Waals surface area contributed by atoms with Crippen molar-refractivity contribution in [3.8, 4) is 0 Å². The van der Waals surface area contributed by atoms with E-state index in [1.807, 2.05) is 4.90 Å². The maximum absolute atomic E-state index is 12.8. The average molecular weight is 528 g/mol. The zero-order valence-electron chi connectivity index (χ0n) is 19.3. The monoisotopic (exact) mass is 527 g/mol. The first-order valence-electron chi connectivity index (χ1n) is 10.9. The van der Waals surface area contributed by atoms with E-state index < -0.39 is 23.3 Å². The van der Waals surface area contributed by atoms with Crippen LogP contribution >= 0.6 is 23.5 Å². The van der Waals surface area contributed by atoms with Crippen LogP contribution in [0.15, 0.2) is 28.1 Å². The second kappa shape index (κ2) is 10.6. The van der Waals surface area contributed by atoms with E-state index in [0.29, 0.717) is 40.9 Å². The fraction of sp³-hybridized carbons (Fsp3) is 0.550. The Labute approximate surface area is 231 Å². The number of nitrogens with one attached hydrogen (secondary N) is 1.